The number of hydrogen-bond acceptors (Lipinski definition) is 5. The molecule has 0 aliphatic carbocycles. The average Bonchev–Trinajstić information content (AvgIpc) is 3.02. The zero-order chi connectivity index (χ0) is 20.6. The van der Waals surface area contributed by atoms with Crippen LogP contribution in [0.4, 0.5) is 4.79 Å². The molecule has 3 rings (SSSR count). The predicted octanol–water partition coefficient (Wildman–Crippen LogP) is 3.77. The molecule has 0 fully saturated rings. The molecular formula is C21H27N3O4. The molecule has 28 heavy (non-hydrogen) atoms. The van der Waals surface area contributed by atoms with Crippen LogP contribution in [-0.2, 0) is 22.4 Å². The van der Waals surface area contributed by atoms with Crippen molar-refractivity contribution in [3.63, 3.8) is 0 Å². The summed E-state index contributed by atoms with van der Waals surface area (Å²) in [6, 6.07) is 3.77. The van der Waals surface area contributed by atoms with Crippen LogP contribution in [-0.4, -0.2) is 46.2 Å². The topological polar surface area (TPSA) is 84.5 Å². The van der Waals surface area contributed by atoms with Gasteiger partial charge in [0.1, 0.15) is 11.4 Å². The van der Waals surface area contributed by atoms with Crippen LogP contribution in [0, 0.1) is 13.8 Å². The molecule has 1 aliphatic rings. The van der Waals surface area contributed by atoms with E-state index >= 15 is 0 Å². The van der Waals surface area contributed by atoms with E-state index in [-0.39, 0.29) is 12.1 Å². The minimum atomic E-state index is -0.528. The van der Waals surface area contributed by atoms with Crippen molar-refractivity contribution in [3.05, 3.63) is 40.2 Å². The lowest BCUT2D eigenvalue weighted by Gasteiger charge is -2.29. The third-order valence-electron chi connectivity index (χ3n) is 4.72. The van der Waals surface area contributed by atoms with Crippen molar-refractivity contribution < 1.29 is 19.1 Å². The van der Waals surface area contributed by atoms with Gasteiger partial charge in [-0.25, -0.2) is 14.6 Å². The van der Waals surface area contributed by atoms with E-state index in [9.17, 15) is 9.59 Å². The standard InChI is InChI=1S/C21H27N3O4/c1-12-9-13(2)15(19(25)27-6)10-14(12)18-22-16-7-8-24(11-17(16)23-18)20(26)28-21(3,4)5/h9-10H,7-8,11H2,1-6H3,(H,22,23). The van der Waals surface area contributed by atoms with Gasteiger partial charge in [-0.1, -0.05) is 6.07 Å². The Morgan fingerprint density at radius 2 is 1.89 bits per heavy atom. The first-order valence-corrected chi connectivity index (χ1v) is 9.34. The Morgan fingerprint density at radius 3 is 2.54 bits per heavy atom. The summed E-state index contributed by atoms with van der Waals surface area (Å²) in [6.07, 6.45) is 0.327. The van der Waals surface area contributed by atoms with Gasteiger partial charge >= 0.3 is 12.1 Å². The highest BCUT2D eigenvalue weighted by molar-refractivity contribution is 5.92. The molecule has 1 aromatic heterocycles. The molecule has 0 radical (unpaired) electrons. The molecule has 1 aliphatic heterocycles. The number of esters is 1. The van der Waals surface area contributed by atoms with Crippen molar-refractivity contribution >= 4 is 12.1 Å². The van der Waals surface area contributed by atoms with Gasteiger partial charge in [0, 0.05) is 18.5 Å². The van der Waals surface area contributed by atoms with E-state index in [1.807, 2.05) is 46.8 Å². The SMILES string of the molecule is COC(=O)c1cc(-c2nc3c([nH]2)CN(C(=O)OC(C)(C)C)CC3)c(C)cc1C. The van der Waals surface area contributed by atoms with E-state index in [1.165, 1.54) is 7.11 Å². The molecule has 7 nitrogen and oxygen atoms in total. The largest absolute Gasteiger partial charge is 0.465 e. The number of aromatic nitrogens is 2. The second kappa shape index (κ2) is 7.30. The second-order valence-electron chi connectivity index (χ2n) is 8.14. The number of aryl methyl sites for hydroxylation is 2. The molecular weight excluding hydrogens is 358 g/mol. The summed E-state index contributed by atoms with van der Waals surface area (Å²) in [4.78, 5) is 34.1. The Kier molecular flexibility index (Phi) is 5.19. The number of carbonyl (C=O) groups is 2. The molecule has 1 N–H and O–H groups in total. The van der Waals surface area contributed by atoms with Crippen molar-refractivity contribution in [2.24, 2.45) is 0 Å². The molecule has 150 valence electrons. The maximum atomic E-state index is 12.4. The van der Waals surface area contributed by atoms with E-state index < -0.39 is 5.60 Å². The number of aromatic amines is 1. The third-order valence-corrected chi connectivity index (χ3v) is 4.72. The fourth-order valence-electron chi connectivity index (χ4n) is 3.34. The first-order chi connectivity index (χ1) is 13.1. The summed E-state index contributed by atoms with van der Waals surface area (Å²) in [5.74, 6) is 0.324. The highest BCUT2D eigenvalue weighted by Crippen LogP contribution is 2.28. The van der Waals surface area contributed by atoms with E-state index in [4.69, 9.17) is 14.5 Å². The lowest BCUT2D eigenvalue weighted by molar-refractivity contribution is 0.0220. The normalized spacial score (nSPS) is 13.9. The Labute approximate surface area is 165 Å². The number of H-pyrrole nitrogens is 1. The highest BCUT2D eigenvalue weighted by Gasteiger charge is 2.28. The van der Waals surface area contributed by atoms with Crippen LogP contribution in [0.15, 0.2) is 12.1 Å². The van der Waals surface area contributed by atoms with E-state index in [2.05, 4.69) is 4.98 Å². The molecule has 0 spiro atoms. The fraction of sp³-hybridized carbons (Fsp3) is 0.476. The van der Waals surface area contributed by atoms with Crippen LogP contribution in [0.3, 0.4) is 0 Å². The summed E-state index contributed by atoms with van der Waals surface area (Å²) >= 11 is 0. The molecule has 1 aromatic carbocycles. The number of nitrogens with zero attached hydrogens (tertiary/aromatic N) is 2. The molecule has 2 aromatic rings. The van der Waals surface area contributed by atoms with Crippen LogP contribution >= 0.6 is 0 Å². The summed E-state index contributed by atoms with van der Waals surface area (Å²) in [5.41, 5.74) is 4.55. The number of nitrogens with one attached hydrogen (secondary N) is 1. The zero-order valence-electron chi connectivity index (χ0n) is 17.3. The van der Waals surface area contributed by atoms with Crippen LogP contribution in [0.2, 0.25) is 0 Å². The van der Waals surface area contributed by atoms with Crippen LogP contribution in [0.25, 0.3) is 11.4 Å². The lowest BCUT2D eigenvalue weighted by Crippen LogP contribution is -2.39. The maximum Gasteiger partial charge on any atom is 0.410 e. The highest BCUT2D eigenvalue weighted by atomic mass is 16.6. The van der Waals surface area contributed by atoms with Crippen LogP contribution < -0.4 is 0 Å². The Balaban J connectivity index is 1.89. The molecule has 0 saturated heterocycles. The van der Waals surface area contributed by atoms with Crippen molar-refractivity contribution in [1.29, 1.82) is 0 Å². The van der Waals surface area contributed by atoms with Gasteiger partial charge in [-0.15, -0.1) is 0 Å². The molecule has 0 unspecified atom stereocenters. The monoisotopic (exact) mass is 385 g/mol. The Bertz CT molecular complexity index is 924. The number of hydrogen-bond donors (Lipinski definition) is 1. The van der Waals surface area contributed by atoms with Gasteiger partial charge in [-0.2, -0.15) is 0 Å². The van der Waals surface area contributed by atoms with Crippen molar-refractivity contribution in [3.8, 4) is 11.4 Å². The molecule has 1 amide bonds. The van der Waals surface area contributed by atoms with Crippen molar-refractivity contribution in [2.75, 3.05) is 13.7 Å². The van der Waals surface area contributed by atoms with Crippen molar-refractivity contribution in [2.45, 2.75) is 53.2 Å². The van der Waals surface area contributed by atoms with Crippen LogP contribution in [0.1, 0.15) is 53.6 Å². The van der Waals surface area contributed by atoms with E-state index in [1.54, 1.807) is 4.90 Å². The number of amides is 1. The van der Waals surface area contributed by atoms with Gasteiger partial charge in [0.15, 0.2) is 0 Å². The lowest BCUT2D eigenvalue weighted by atomic mass is 9.99. The molecule has 2 heterocycles. The van der Waals surface area contributed by atoms with Gasteiger partial charge < -0.3 is 19.4 Å². The van der Waals surface area contributed by atoms with E-state index in [0.717, 1.165) is 28.1 Å². The first-order valence-electron chi connectivity index (χ1n) is 9.34. The van der Waals surface area contributed by atoms with Gasteiger partial charge in [0.2, 0.25) is 0 Å². The molecule has 0 atom stereocenters. The number of rotatable bonds is 2. The average molecular weight is 385 g/mol. The maximum absolute atomic E-state index is 12.4. The summed E-state index contributed by atoms with van der Waals surface area (Å²) < 4.78 is 10.4. The molecule has 7 heteroatoms. The summed E-state index contributed by atoms with van der Waals surface area (Å²) in [6.45, 7) is 10.4. The van der Waals surface area contributed by atoms with Gasteiger partial charge in [0.05, 0.1) is 30.6 Å². The minimum absolute atomic E-state index is 0.325. The first kappa shape index (κ1) is 19.9. The zero-order valence-corrected chi connectivity index (χ0v) is 17.3. The smallest absolute Gasteiger partial charge is 0.410 e. The quantitative estimate of drug-likeness (QED) is 0.796. The predicted molar refractivity (Wildman–Crippen MR) is 105 cm³/mol. The molecule has 0 saturated carbocycles. The number of methoxy groups -OCH3 is 1. The van der Waals surface area contributed by atoms with Gasteiger partial charge in [0.25, 0.3) is 0 Å². The number of imidazole rings is 1. The minimum Gasteiger partial charge on any atom is -0.465 e. The Hall–Kier alpha value is -2.83. The van der Waals surface area contributed by atoms with Crippen molar-refractivity contribution in [1.82, 2.24) is 14.9 Å². The third kappa shape index (κ3) is 4.03. The fourth-order valence-corrected chi connectivity index (χ4v) is 3.34. The summed E-state index contributed by atoms with van der Waals surface area (Å²) in [7, 11) is 1.37. The summed E-state index contributed by atoms with van der Waals surface area (Å²) in [5, 5.41) is 0. The second-order valence-corrected chi connectivity index (χ2v) is 8.14. The van der Waals surface area contributed by atoms with Gasteiger partial charge in [-0.3, -0.25) is 0 Å². The van der Waals surface area contributed by atoms with Crippen LogP contribution in [0.5, 0.6) is 0 Å². The van der Waals surface area contributed by atoms with Gasteiger partial charge in [-0.05, 0) is 51.8 Å². The number of ether oxygens (including phenoxy) is 2. The number of benzene rings is 1. The molecule has 0 bridgehead atoms. The Morgan fingerprint density at radius 1 is 1.18 bits per heavy atom. The number of carbonyl (C=O) groups excluding carboxylic acids is 2. The van der Waals surface area contributed by atoms with E-state index in [0.29, 0.717) is 30.9 Å². The number of fused-ring (bicyclic) bond motifs is 1.